The third kappa shape index (κ3) is 8.59. The Morgan fingerprint density at radius 2 is 0.976 bits per heavy atom. The van der Waals surface area contributed by atoms with E-state index in [4.69, 9.17) is 28.1 Å². The molecular formula is C32H25ClIO7P. The molecule has 214 valence electrons. The Hall–Kier alpha value is -3.34. The summed E-state index contributed by atoms with van der Waals surface area (Å²) in [4.78, 5) is 12.2. The molecule has 0 aliphatic heterocycles. The first kappa shape index (κ1) is 31.6. The third-order valence-corrected chi connectivity index (χ3v) is 11.1. The van der Waals surface area contributed by atoms with Crippen LogP contribution in [0.2, 0.25) is 0 Å². The van der Waals surface area contributed by atoms with E-state index < -0.39 is 23.7 Å². The second kappa shape index (κ2) is 14.7. The summed E-state index contributed by atoms with van der Waals surface area (Å²) < 4.78 is 45.7. The van der Waals surface area contributed by atoms with Crippen molar-refractivity contribution in [1.82, 2.24) is 0 Å². The van der Waals surface area contributed by atoms with Crippen LogP contribution in [0.15, 0.2) is 140 Å². The molecule has 0 saturated heterocycles. The number of carbonyl (C=O) groups excluding carboxylic acids is 1. The molecule has 0 amide bonds. The van der Waals surface area contributed by atoms with Gasteiger partial charge in [0.15, 0.2) is 0 Å². The summed E-state index contributed by atoms with van der Waals surface area (Å²) in [6.45, 7) is 0.136. The number of hydrogen-bond acceptors (Lipinski definition) is 7. The Morgan fingerprint density at radius 3 is 1.38 bits per heavy atom. The first-order chi connectivity index (χ1) is 20.2. The molecule has 0 heterocycles. The van der Waals surface area contributed by atoms with E-state index in [1.165, 1.54) is 21.2 Å². The van der Waals surface area contributed by atoms with Gasteiger partial charge in [0, 0.05) is 3.57 Å². The quantitative estimate of drug-likeness (QED) is 0.109. The number of carbonyl (C=O) groups is 1. The number of halogens is 2. The minimum atomic E-state index is -4.94. The van der Waals surface area contributed by atoms with Gasteiger partial charge in [-0.15, -0.1) is 10.2 Å². The average molecular weight is 715 g/mol. The fourth-order valence-corrected chi connectivity index (χ4v) is 9.04. The lowest BCUT2D eigenvalue weighted by molar-refractivity contribution is -2.00. The molecular weight excluding hydrogens is 690 g/mol. The Balaban J connectivity index is 0.000000748. The fraction of sp³-hybridized carbons (Fsp3) is 0.0312. The van der Waals surface area contributed by atoms with Gasteiger partial charge in [0.05, 0.1) is 0 Å². The zero-order valence-corrected chi connectivity index (χ0v) is 25.9. The Bertz CT molecular complexity index is 1450. The van der Waals surface area contributed by atoms with Crippen LogP contribution in [-0.2, 0) is 11.3 Å². The van der Waals surface area contributed by atoms with Crippen molar-refractivity contribution in [2.75, 3.05) is 0 Å². The van der Waals surface area contributed by atoms with E-state index in [0.717, 1.165) is 9.13 Å². The molecule has 0 aromatic heterocycles. The summed E-state index contributed by atoms with van der Waals surface area (Å²) in [6, 6.07) is 47.9. The van der Waals surface area contributed by atoms with Crippen molar-refractivity contribution < 1.29 is 43.1 Å². The third-order valence-electron chi connectivity index (χ3n) is 6.13. The van der Waals surface area contributed by atoms with E-state index in [1.807, 2.05) is 24.3 Å². The molecule has 5 rings (SSSR count). The van der Waals surface area contributed by atoms with Gasteiger partial charge in [-0.25, -0.2) is 23.4 Å². The largest absolute Gasteiger partial charge is 0.514 e. The minimum Gasteiger partial charge on any atom is -0.429 e. The minimum absolute atomic E-state index is 0.136. The van der Waals surface area contributed by atoms with Gasteiger partial charge in [-0.05, 0) is 101 Å². The SMILES string of the molecule is O=C(OCc1ccc([P+](c2ccccc2)(c2ccccc2)c2ccccc2)cc1)Oc1ccc(I)cc1.[O-][Cl+3]([O-])([O-])[O-]. The first-order valence-corrected chi connectivity index (χ1v) is 16.6. The van der Waals surface area contributed by atoms with Crippen molar-refractivity contribution in [1.29, 1.82) is 0 Å². The summed E-state index contributed by atoms with van der Waals surface area (Å²) in [5, 5.41) is 5.11. The summed E-state index contributed by atoms with van der Waals surface area (Å²) in [5.41, 5.74) is 0.899. The summed E-state index contributed by atoms with van der Waals surface area (Å²) in [5.74, 6) is 0.462. The highest BCUT2D eigenvalue weighted by atomic mass is 127. The van der Waals surface area contributed by atoms with E-state index in [2.05, 4.69) is 126 Å². The second-order valence-electron chi connectivity index (χ2n) is 8.82. The molecule has 0 N–H and O–H groups in total. The van der Waals surface area contributed by atoms with Crippen LogP contribution < -0.4 is 44.6 Å². The zero-order valence-electron chi connectivity index (χ0n) is 22.0. The maximum atomic E-state index is 12.2. The van der Waals surface area contributed by atoms with Crippen LogP contribution >= 0.6 is 29.9 Å². The highest BCUT2D eigenvalue weighted by molar-refractivity contribution is 14.1. The molecule has 0 bridgehead atoms. The van der Waals surface area contributed by atoms with Crippen molar-refractivity contribution >= 4 is 57.2 Å². The standard InChI is InChI=1S/C32H25IO3P.ClHO4/c33-26-18-20-27(21-19-26)36-32(34)35-24-25-16-22-31(23-17-25)37(28-10-4-1-5-11-28,29-12-6-2-7-13-29)30-14-8-3-9-15-30;2-1(3,4)5/h1-23H,24H2;(H,2,3,4,5)/q+1;/p-1. The highest BCUT2D eigenvalue weighted by Gasteiger charge is 2.47. The summed E-state index contributed by atoms with van der Waals surface area (Å²) in [7, 11) is -7.09. The van der Waals surface area contributed by atoms with Gasteiger partial charge in [-0.1, -0.05) is 66.7 Å². The maximum absolute atomic E-state index is 12.2. The Labute approximate surface area is 260 Å². The van der Waals surface area contributed by atoms with Crippen molar-refractivity contribution in [3.8, 4) is 5.75 Å². The van der Waals surface area contributed by atoms with Crippen LogP contribution in [0, 0.1) is 13.8 Å². The van der Waals surface area contributed by atoms with E-state index in [9.17, 15) is 4.79 Å². The monoisotopic (exact) mass is 714 g/mol. The van der Waals surface area contributed by atoms with E-state index >= 15 is 0 Å². The van der Waals surface area contributed by atoms with E-state index in [-0.39, 0.29) is 6.61 Å². The molecule has 0 unspecified atom stereocenters. The molecule has 0 saturated carbocycles. The van der Waals surface area contributed by atoms with Gasteiger partial charge in [-0.2, -0.15) is 0 Å². The van der Waals surface area contributed by atoms with Gasteiger partial charge < -0.3 is 9.47 Å². The Morgan fingerprint density at radius 1 is 0.595 bits per heavy atom. The molecule has 0 spiro atoms. The topological polar surface area (TPSA) is 128 Å². The molecule has 10 heteroatoms. The zero-order chi connectivity index (χ0) is 30.0. The molecule has 5 aromatic carbocycles. The van der Waals surface area contributed by atoms with Crippen LogP contribution in [-0.4, -0.2) is 6.16 Å². The lowest BCUT2D eigenvalue weighted by Crippen LogP contribution is -2.68. The van der Waals surface area contributed by atoms with Crippen LogP contribution in [0.3, 0.4) is 0 Å². The van der Waals surface area contributed by atoms with Crippen LogP contribution in [0.25, 0.3) is 0 Å². The molecule has 0 aliphatic carbocycles. The van der Waals surface area contributed by atoms with Gasteiger partial charge in [0.2, 0.25) is 0 Å². The fourth-order valence-electron chi connectivity index (χ4n) is 4.44. The van der Waals surface area contributed by atoms with Crippen LogP contribution in [0.4, 0.5) is 4.79 Å². The average Bonchev–Trinajstić information content (AvgIpc) is 2.99. The molecule has 0 atom stereocenters. The lowest BCUT2D eigenvalue weighted by atomic mass is 10.2. The van der Waals surface area contributed by atoms with Crippen LogP contribution in [0.5, 0.6) is 5.75 Å². The number of rotatable bonds is 7. The normalized spacial score (nSPS) is 11.2. The van der Waals surface area contributed by atoms with Crippen molar-refractivity contribution in [3.63, 3.8) is 0 Å². The lowest BCUT2D eigenvalue weighted by Gasteiger charge is -2.27. The smallest absolute Gasteiger partial charge is 0.429 e. The second-order valence-corrected chi connectivity index (χ2v) is 14.2. The molecule has 0 fully saturated rings. The predicted octanol–water partition coefficient (Wildman–Crippen LogP) is 1.87. The van der Waals surface area contributed by atoms with Gasteiger partial charge in [0.25, 0.3) is 0 Å². The van der Waals surface area contributed by atoms with Crippen molar-refractivity contribution in [2.45, 2.75) is 6.61 Å². The number of benzene rings is 5. The molecule has 5 aromatic rings. The highest BCUT2D eigenvalue weighted by Crippen LogP contribution is 2.54. The predicted molar refractivity (Wildman–Crippen MR) is 161 cm³/mol. The number of hydrogen-bond donors (Lipinski definition) is 0. The molecule has 0 radical (unpaired) electrons. The maximum Gasteiger partial charge on any atom is 0.514 e. The molecule has 42 heavy (non-hydrogen) atoms. The van der Waals surface area contributed by atoms with E-state index in [0.29, 0.717) is 5.75 Å². The molecule has 0 aliphatic rings. The molecule has 7 nitrogen and oxygen atoms in total. The summed E-state index contributed by atoms with van der Waals surface area (Å²) in [6.07, 6.45) is -0.718. The van der Waals surface area contributed by atoms with Gasteiger partial charge in [0.1, 0.15) is 40.8 Å². The van der Waals surface area contributed by atoms with E-state index in [1.54, 1.807) is 12.1 Å². The number of ether oxygens (including phenoxy) is 2. The Kier molecular flexibility index (Phi) is 11.1. The first-order valence-electron chi connectivity index (χ1n) is 12.5. The van der Waals surface area contributed by atoms with Crippen molar-refractivity contribution in [2.24, 2.45) is 0 Å². The van der Waals surface area contributed by atoms with Gasteiger partial charge >= 0.3 is 6.16 Å². The summed E-state index contributed by atoms with van der Waals surface area (Å²) >= 11 is 2.20. The van der Waals surface area contributed by atoms with Gasteiger partial charge in [-0.3, -0.25) is 0 Å². The van der Waals surface area contributed by atoms with Crippen LogP contribution in [0.1, 0.15) is 5.56 Å². The van der Waals surface area contributed by atoms with Crippen molar-refractivity contribution in [3.05, 3.63) is 149 Å².